The molecule has 0 amide bonds. The minimum atomic E-state index is 0.946. The quantitative estimate of drug-likeness (QED) is 0.224. The van der Waals surface area contributed by atoms with E-state index in [4.69, 9.17) is 9.97 Å². The van der Waals surface area contributed by atoms with Crippen molar-refractivity contribution in [2.24, 2.45) is 0 Å². The summed E-state index contributed by atoms with van der Waals surface area (Å²) in [6.45, 7) is 2.12. The molecule has 0 saturated heterocycles. The van der Waals surface area contributed by atoms with Gasteiger partial charge in [-0.05, 0) is 76.0 Å². The van der Waals surface area contributed by atoms with E-state index in [0.717, 1.165) is 50.7 Å². The molecule has 198 valence electrons. The molecule has 0 N–H and O–H groups in total. The molecule has 0 unspecified atom stereocenters. The molecule has 0 aliphatic rings. The molecule has 0 saturated carbocycles. The molecule has 42 heavy (non-hydrogen) atoms. The number of fused-ring (bicyclic) bond motifs is 3. The van der Waals surface area contributed by atoms with E-state index in [1.807, 2.05) is 18.2 Å². The lowest BCUT2D eigenvalue weighted by atomic mass is 9.97. The largest absolute Gasteiger partial charge is 0.304 e. The lowest BCUT2D eigenvalue weighted by Gasteiger charge is -2.12. The number of hydrogen-bond acceptors (Lipinski definition) is 2. The minimum absolute atomic E-state index is 0.946. The van der Waals surface area contributed by atoms with Crippen LogP contribution >= 0.6 is 0 Å². The highest BCUT2D eigenvalue weighted by molar-refractivity contribution is 5.90. The van der Waals surface area contributed by atoms with E-state index >= 15 is 0 Å². The zero-order valence-electron chi connectivity index (χ0n) is 23.2. The van der Waals surface area contributed by atoms with Gasteiger partial charge in [-0.2, -0.15) is 0 Å². The molecule has 0 aliphatic heterocycles. The summed E-state index contributed by atoms with van der Waals surface area (Å²) in [5, 5.41) is 4.91. The number of hydrogen-bond donors (Lipinski definition) is 0. The lowest BCUT2D eigenvalue weighted by Crippen LogP contribution is -1.92. The Bertz CT molecular complexity index is 2160. The van der Waals surface area contributed by atoms with Gasteiger partial charge in [-0.25, -0.2) is 9.97 Å². The standard InChI is InChI=1S/C39H27N3/c1-26-39(41-38-12-6-7-21-42(26)38)30-17-15-29(16-18-30)36-24-35(33-19-13-27-8-2-4-10-31(27)22-33)25-37(40-36)34-20-14-28-9-3-5-11-32(28)23-34/h2-25H,1H3. The van der Waals surface area contributed by atoms with Gasteiger partial charge in [-0.15, -0.1) is 0 Å². The van der Waals surface area contributed by atoms with Crippen LogP contribution in [0.15, 0.2) is 146 Å². The van der Waals surface area contributed by atoms with Gasteiger partial charge in [-0.1, -0.05) is 103 Å². The summed E-state index contributed by atoms with van der Waals surface area (Å²) >= 11 is 0. The van der Waals surface area contributed by atoms with Crippen LogP contribution in [0.25, 0.3) is 72.1 Å². The smallest absolute Gasteiger partial charge is 0.137 e. The number of rotatable bonds is 4. The number of pyridine rings is 2. The molecule has 0 bridgehead atoms. The van der Waals surface area contributed by atoms with Crippen molar-refractivity contribution >= 4 is 27.2 Å². The first-order valence-corrected chi connectivity index (χ1v) is 14.2. The second-order valence-corrected chi connectivity index (χ2v) is 10.8. The van der Waals surface area contributed by atoms with Crippen molar-refractivity contribution in [1.82, 2.24) is 14.4 Å². The highest BCUT2D eigenvalue weighted by Gasteiger charge is 2.13. The van der Waals surface area contributed by atoms with Crippen molar-refractivity contribution in [2.45, 2.75) is 6.92 Å². The van der Waals surface area contributed by atoms with Gasteiger partial charge in [0.25, 0.3) is 0 Å². The number of aryl methyl sites for hydroxylation is 1. The molecule has 0 aliphatic carbocycles. The molecule has 0 spiro atoms. The maximum atomic E-state index is 5.20. The molecular weight excluding hydrogens is 510 g/mol. The summed E-state index contributed by atoms with van der Waals surface area (Å²) in [6, 6.07) is 49.4. The Hall–Kier alpha value is -5.54. The van der Waals surface area contributed by atoms with E-state index in [0.29, 0.717) is 0 Å². The zero-order chi connectivity index (χ0) is 28.0. The highest BCUT2D eigenvalue weighted by Crippen LogP contribution is 2.34. The summed E-state index contributed by atoms with van der Waals surface area (Å²) in [6.07, 6.45) is 2.06. The lowest BCUT2D eigenvalue weighted by molar-refractivity contribution is 1.11. The average Bonchev–Trinajstić information content (AvgIpc) is 3.40. The zero-order valence-corrected chi connectivity index (χ0v) is 23.2. The van der Waals surface area contributed by atoms with Gasteiger partial charge in [0.1, 0.15) is 5.65 Å². The summed E-state index contributed by atoms with van der Waals surface area (Å²) < 4.78 is 2.13. The van der Waals surface area contributed by atoms with Crippen LogP contribution in [0.2, 0.25) is 0 Å². The first kappa shape index (κ1) is 24.3. The van der Waals surface area contributed by atoms with Crippen LogP contribution in [-0.2, 0) is 0 Å². The van der Waals surface area contributed by atoms with Crippen LogP contribution < -0.4 is 0 Å². The third-order valence-corrected chi connectivity index (χ3v) is 8.18. The van der Waals surface area contributed by atoms with E-state index < -0.39 is 0 Å². The van der Waals surface area contributed by atoms with Gasteiger partial charge < -0.3 is 4.40 Å². The van der Waals surface area contributed by atoms with Crippen molar-refractivity contribution < 1.29 is 0 Å². The van der Waals surface area contributed by atoms with Crippen LogP contribution in [0.5, 0.6) is 0 Å². The van der Waals surface area contributed by atoms with Gasteiger partial charge in [0.05, 0.1) is 17.1 Å². The molecule has 5 aromatic carbocycles. The van der Waals surface area contributed by atoms with Crippen LogP contribution in [0, 0.1) is 6.92 Å². The van der Waals surface area contributed by atoms with E-state index in [1.54, 1.807) is 0 Å². The molecule has 3 heteroatoms. The van der Waals surface area contributed by atoms with E-state index in [9.17, 15) is 0 Å². The second-order valence-electron chi connectivity index (χ2n) is 10.8. The SMILES string of the molecule is Cc1c(-c2ccc(-c3cc(-c4ccc5ccccc5c4)cc(-c4ccc5ccccc5c4)n3)cc2)nc2ccccn12. The minimum Gasteiger partial charge on any atom is -0.304 e. The fraction of sp³-hybridized carbons (Fsp3) is 0.0256. The fourth-order valence-corrected chi connectivity index (χ4v) is 5.90. The number of nitrogens with zero attached hydrogens (tertiary/aromatic N) is 3. The number of aromatic nitrogens is 3. The number of imidazole rings is 1. The van der Waals surface area contributed by atoms with Crippen molar-refractivity contribution in [3.63, 3.8) is 0 Å². The van der Waals surface area contributed by atoms with E-state index in [1.165, 1.54) is 27.1 Å². The Morgan fingerprint density at radius 1 is 0.429 bits per heavy atom. The maximum Gasteiger partial charge on any atom is 0.137 e. The van der Waals surface area contributed by atoms with Crippen molar-refractivity contribution in [2.75, 3.05) is 0 Å². The van der Waals surface area contributed by atoms with Crippen molar-refractivity contribution in [3.05, 3.63) is 151 Å². The summed E-state index contributed by atoms with van der Waals surface area (Å²) in [5.74, 6) is 0. The Balaban J connectivity index is 1.26. The molecule has 0 atom stereocenters. The third-order valence-electron chi connectivity index (χ3n) is 8.18. The average molecular weight is 538 g/mol. The van der Waals surface area contributed by atoms with Gasteiger partial charge >= 0.3 is 0 Å². The van der Waals surface area contributed by atoms with Crippen molar-refractivity contribution in [3.8, 4) is 44.9 Å². The van der Waals surface area contributed by atoms with Crippen LogP contribution in [-0.4, -0.2) is 14.4 Å². The predicted molar refractivity (Wildman–Crippen MR) is 174 cm³/mol. The van der Waals surface area contributed by atoms with E-state index in [-0.39, 0.29) is 0 Å². The van der Waals surface area contributed by atoms with E-state index in [2.05, 4.69) is 139 Å². The van der Waals surface area contributed by atoms with Crippen LogP contribution in [0.3, 0.4) is 0 Å². The normalized spacial score (nSPS) is 11.5. The Kier molecular flexibility index (Phi) is 5.68. The van der Waals surface area contributed by atoms with Gasteiger partial charge in [-0.3, -0.25) is 0 Å². The van der Waals surface area contributed by atoms with Gasteiger partial charge in [0.15, 0.2) is 0 Å². The highest BCUT2D eigenvalue weighted by atomic mass is 15.0. The second kappa shape index (κ2) is 9.83. The Morgan fingerprint density at radius 3 is 1.67 bits per heavy atom. The first-order chi connectivity index (χ1) is 20.7. The molecule has 0 radical (unpaired) electrons. The van der Waals surface area contributed by atoms with Crippen molar-refractivity contribution in [1.29, 1.82) is 0 Å². The fourth-order valence-electron chi connectivity index (χ4n) is 5.90. The molecule has 0 fully saturated rings. The third kappa shape index (κ3) is 4.23. The molecule has 3 aromatic heterocycles. The van der Waals surface area contributed by atoms with Gasteiger partial charge in [0.2, 0.25) is 0 Å². The monoisotopic (exact) mass is 537 g/mol. The first-order valence-electron chi connectivity index (χ1n) is 14.2. The summed E-state index contributed by atoms with van der Waals surface area (Å²) in [7, 11) is 0. The molecule has 3 heterocycles. The predicted octanol–water partition coefficient (Wildman–Crippen LogP) is 10.0. The molecule has 8 aromatic rings. The Morgan fingerprint density at radius 2 is 0.976 bits per heavy atom. The molecule has 3 nitrogen and oxygen atoms in total. The molecular formula is C39H27N3. The Labute approximate surface area is 244 Å². The topological polar surface area (TPSA) is 30.2 Å². The van der Waals surface area contributed by atoms with Crippen LogP contribution in [0.4, 0.5) is 0 Å². The van der Waals surface area contributed by atoms with Gasteiger partial charge in [0, 0.05) is 28.6 Å². The molecule has 8 rings (SSSR count). The van der Waals surface area contributed by atoms with Crippen LogP contribution in [0.1, 0.15) is 5.69 Å². The maximum absolute atomic E-state index is 5.20. The summed E-state index contributed by atoms with van der Waals surface area (Å²) in [4.78, 5) is 10.1. The number of benzene rings is 5. The summed E-state index contributed by atoms with van der Waals surface area (Å²) in [5.41, 5.74) is 10.6.